The Labute approximate surface area is 300 Å². The molecule has 11 nitrogen and oxygen atoms in total. The fourth-order valence-corrected chi connectivity index (χ4v) is 7.30. The third-order valence-corrected chi connectivity index (χ3v) is 9.94. The normalized spacial score (nSPS) is 17.8. The van der Waals surface area contributed by atoms with Gasteiger partial charge in [0.05, 0.1) is 29.7 Å². The predicted molar refractivity (Wildman–Crippen MR) is 196 cm³/mol. The number of imidazole rings is 1. The van der Waals surface area contributed by atoms with Crippen molar-refractivity contribution in [3.05, 3.63) is 126 Å². The van der Waals surface area contributed by atoms with Gasteiger partial charge in [0.25, 0.3) is 5.91 Å². The molecule has 4 heterocycles. The largest absolute Gasteiger partial charge is 0.436 e. The summed E-state index contributed by atoms with van der Waals surface area (Å²) in [7, 11) is 0. The molecule has 11 heteroatoms. The van der Waals surface area contributed by atoms with Gasteiger partial charge >= 0.3 is 0 Å². The molecule has 0 bridgehead atoms. The number of carbonyl (C=O) groups excluding carboxylic acids is 3. The number of oxazole rings is 1. The molecular formula is C41H38N6O5. The number of carbonyl (C=O) groups is 3. The Kier molecular flexibility index (Phi) is 9.09. The fraction of sp³-hybridized carbons (Fsp3) is 0.244. The van der Waals surface area contributed by atoms with E-state index in [1.807, 2.05) is 65.6 Å². The van der Waals surface area contributed by atoms with Crippen LogP contribution in [0.25, 0.3) is 33.8 Å². The Bertz CT molecular complexity index is 2230. The summed E-state index contributed by atoms with van der Waals surface area (Å²) in [5.74, 6) is 1.04. The van der Waals surface area contributed by atoms with Crippen molar-refractivity contribution in [2.24, 2.45) is 0 Å². The number of anilines is 1. The van der Waals surface area contributed by atoms with Crippen LogP contribution in [-0.2, 0) is 20.8 Å². The molecule has 3 atom stereocenters. The van der Waals surface area contributed by atoms with Crippen LogP contribution in [0, 0.1) is 0 Å². The highest BCUT2D eigenvalue weighted by molar-refractivity contribution is 5.98. The second kappa shape index (κ2) is 14.3. The van der Waals surface area contributed by atoms with E-state index in [-0.39, 0.29) is 17.9 Å². The molecule has 8 rings (SSSR count). The van der Waals surface area contributed by atoms with Gasteiger partial charge in [-0.05, 0) is 73.2 Å². The summed E-state index contributed by atoms with van der Waals surface area (Å²) in [5.41, 5.74) is 5.18. The Morgan fingerprint density at radius 1 is 0.865 bits per heavy atom. The molecule has 52 heavy (non-hydrogen) atoms. The first-order chi connectivity index (χ1) is 25.4. The minimum absolute atomic E-state index is 0.0990. The second-order valence-electron chi connectivity index (χ2n) is 13.4. The topological polar surface area (TPSA) is 145 Å². The van der Waals surface area contributed by atoms with Gasteiger partial charge in [-0.2, -0.15) is 0 Å². The maximum atomic E-state index is 13.4. The molecule has 3 amide bonds. The van der Waals surface area contributed by atoms with Gasteiger partial charge in [-0.25, -0.2) is 9.97 Å². The molecule has 2 aliphatic rings. The number of hydrogen-bond acceptors (Lipinski definition) is 7. The number of likely N-dealkylation sites (tertiary alicyclic amines) is 2. The van der Waals surface area contributed by atoms with Gasteiger partial charge in [0.2, 0.25) is 17.7 Å². The molecule has 2 aromatic heterocycles. The standard InChI is InChI=1S/C41H38N6O5/c48-36(22-26-10-3-1-4-11-26)46-20-8-16-33(46)38-44-31-19-18-28(24-32(31)45-38)35-25-42-40(52-35)29-14-7-15-30(23-29)43-39(50)34-17-9-21-47(34)41(51)37(49)27-12-5-2-6-13-27/h1-7,10-15,18-19,23-25,33-34,37,49H,8-9,16-17,20-22H2,(H,43,50)(H,44,45). The summed E-state index contributed by atoms with van der Waals surface area (Å²) < 4.78 is 6.20. The minimum atomic E-state index is -1.33. The van der Waals surface area contributed by atoms with Crippen LogP contribution in [0.4, 0.5) is 5.69 Å². The van der Waals surface area contributed by atoms with Crippen molar-refractivity contribution in [3.8, 4) is 22.8 Å². The predicted octanol–water partition coefficient (Wildman–Crippen LogP) is 6.45. The third kappa shape index (κ3) is 6.70. The third-order valence-electron chi connectivity index (χ3n) is 9.94. The van der Waals surface area contributed by atoms with Crippen LogP contribution in [0.1, 0.15) is 54.8 Å². The highest BCUT2D eigenvalue weighted by Crippen LogP contribution is 2.34. The lowest BCUT2D eigenvalue weighted by atomic mass is 10.1. The number of hydrogen-bond donors (Lipinski definition) is 3. The van der Waals surface area contributed by atoms with E-state index in [0.29, 0.717) is 60.8 Å². The molecule has 2 fully saturated rings. The molecule has 2 aliphatic heterocycles. The van der Waals surface area contributed by atoms with E-state index in [0.717, 1.165) is 40.8 Å². The molecule has 0 radical (unpaired) electrons. The van der Waals surface area contributed by atoms with Crippen molar-refractivity contribution >= 4 is 34.4 Å². The highest BCUT2D eigenvalue weighted by Gasteiger charge is 2.37. The smallest absolute Gasteiger partial charge is 0.256 e. The van der Waals surface area contributed by atoms with Crippen molar-refractivity contribution in [1.82, 2.24) is 24.8 Å². The van der Waals surface area contributed by atoms with Gasteiger partial charge in [0.15, 0.2) is 11.9 Å². The van der Waals surface area contributed by atoms with E-state index in [4.69, 9.17) is 9.40 Å². The number of aliphatic hydroxyl groups is 1. The van der Waals surface area contributed by atoms with Crippen molar-refractivity contribution in [1.29, 1.82) is 0 Å². The van der Waals surface area contributed by atoms with Crippen LogP contribution < -0.4 is 5.32 Å². The SMILES string of the molecule is O=C(Nc1cccc(-c2ncc(-c3ccc4nc(C5CCCN5C(=O)Cc5ccccc5)[nH]c4c3)o2)c1)C1CCCN1C(=O)C(O)c1ccccc1. The van der Waals surface area contributed by atoms with Crippen LogP contribution >= 0.6 is 0 Å². The van der Waals surface area contributed by atoms with E-state index >= 15 is 0 Å². The van der Waals surface area contributed by atoms with Crippen LogP contribution in [0.5, 0.6) is 0 Å². The lowest BCUT2D eigenvalue weighted by molar-refractivity contribution is -0.144. The summed E-state index contributed by atoms with van der Waals surface area (Å²) in [6.07, 6.45) is 3.67. The highest BCUT2D eigenvalue weighted by atomic mass is 16.4. The van der Waals surface area contributed by atoms with Crippen molar-refractivity contribution in [3.63, 3.8) is 0 Å². The molecule has 0 spiro atoms. The first-order valence-electron chi connectivity index (χ1n) is 17.7. The van der Waals surface area contributed by atoms with E-state index in [2.05, 4.69) is 15.3 Å². The first-order valence-corrected chi connectivity index (χ1v) is 17.7. The number of rotatable bonds is 9. The molecule has 262 valence electrons. The van der Waals surface area contributed by atoms with Crippen LogP contribution in [0.15, 0.2) is 114 Å². The molecule has 0 saturated carbocycles. The number of H-pyrrole nitrogens is 1. The van der Waals surface area contributed by atoms with Crippen molar-refractivity contribution < 1.29 is 23.9 Å². The zero-order valence-electron chi connectivity index (χ0n) is 28.4. The number of benzene rings is 4. The molecule has 3 N–H and O–H groups in total. The second-order valence-corrected chi connectivity index (χ2v) is 13.4. The quantitative estimate of drug-likeness (QED) is 0.158. The number of aromatic nitrogens is 3. The average molecular weight is 695 g/mol. The zero-order chi connectivity index (χ0) is 35.6. The number of aromatic amines is 1. The zero-order valence-corrected chi connectivity index (χ0v) is 28.4. The van der Waals surface area contributed by atoms with E-state index < -0.39 is 18.1 Å². The van der Waals surface area contributed by atoms with Gasteiger partial charge in [0.1, 0.15) is 11.9 Å². The lowest BCUT2D eigenvalue weighted by Crippen LogP contribution is -2.45. The van der Waals surface area contributed by atoms with Crippen molar-refractivity contribution in [2.75, 3.05) is 18.4 Å². The summed E-state index contributed by atoms with van der Waals surface area (Å²) in [5, 5.41) is 13.6. The fourth-order valence-electron chi connectivity index (χ4n) is 7.30. The Morgan fingerprint density at radius 3 is 2.46 bits per heavy atom. The number of amides is 3. The van der Waals surface area contributed by atoms with E-state index in [1.54, 1.807) is 48.7 Å². The Hall–Kier alpha value is -6.07. The van der Waals surface area contributed by atoms with E-state index in [9.17, 15) is 19.5 Å². The summed E-state index contributed by atoms with van der Waals surface area (Å²) in [6, 6.07) is 30.8. The molecule has 4 aromatic carbocycles. The van der Waals surface area contributed by atoms with Gasteiger partial charge in [-0.1, -0.05) is 66.7 Å². The number of nitrogens with zero attached hydrogens (tertiary/aromatic N) is 4. The van der Waals surface area contributed by atoms with Crippen LogP contribution in [0.3, 0.4) is 0 Å². The molecule has 3 unspecified atom stereocenters. The van der Waals surface area contributed by atoms with Crippen molar-refractivity contribution in [2.45, 2.75) is 50.3 Å². The molecule has 6 aromatic rings. The lowest BCUT2D eigenvalue weighted by Gasteiger charge is -2.26. The maximum absolute atomic E-state index is 13.4. The summed E-state index contributed by atoms with van der Waals surface area (Å²) in [4.78, 5) is 56.0. The Morgan fingerprint density at radius 2 is 1.63 bits per heavy atom. The average Bonchev–Trinajstić information content (AvgIpc) is 4.01. The summed E-state index contributed by atoms with van der Waals surface area (Å²) in [6.45, 7) is 1.11. The number of fused-ring (bicyclic) bond motifs is 1. The number of aliphatic hydroxyl groups excluding tert-OH is 1. The molecular weight excluding hydrogens is 656 g/mol. The summed E-state index contributed by atoms with van der Waals surface area (Å²) >= 11 is 0. The maximum Gasteiger partial charge on any atom is 0.256 e. The van der Waals surface area contributed by atoms with Gasteiger partial charge < -0.3 is 29.6 Å². The van der Waals surface area contributed by atoms with Crippen LogP contribution in [-0.4, -0.2) is 66.7 Å². The first kappa shape index (κ1) is 33.1. The molecule has 0 aliphatic carbocycles. The van der Waals surface area contributed by atoms with Gasteiger partial charge in [-0.15, -0.1) is 0 Å². The monoisotopic (exact) mass is 694 g/mol. The minimum Gasteiger partial charge on any atom is -0.436 e. The van der Waals surface area contributed by atoms with E-state index in [1.165, 1.54) is 4.90 Å². The molecule has 2 saturated heterocycles. The Balaban J connectivity index is 0.946. The van der Waals surface area contributed by atoms with Gasteiger partial charge in [0, 0.05) is 29.9 Å². The van der Waals surface area contributed by atoms with Crippen LogP contribution in [0.2, 0.25) is 0 Å². The van der Waals surface area contributed by atoms with Gasteiger partial charge in [-0.3, -0.25) is 14.4 Å². The number of nitrogens with one attached hydrogen (secondary N) is 2.